The van der Waals surface area contributed by atoms with Crippen LogP contribution in [0.5, 0.6) is 0 Å². The molecule has 0 fully saturated rings. The number of benzene rings is 1. The number of rotatable bonds is 8. The van der Waals surface area contributed by atoms with Crippen LogP contribution in [0.2, 0.25) is 0 Å². The van der Waals surface area contributed by atoms with Crippen LogP contribution in [0.15, 0.2) is 39.3 Å². The van der Waals surface area contributed by atoms with Gasteiger partial charge in [0.25, 0.3) is 5.91 Å². The van der Waals surface area contributed by atoms with Gasteiger partial charge < -0.3 is 19.9 Å². The summed E-state index contributed by atoms with van der Waals surface area (Å²) < 4.78 is 10.8. The van der Waals surface area contributed by atoms with Crippen molar-refractivity contribution in [2.24, 2.45) is 0 Å². The van der Waals surface area contributed by atoms with Crippen LogP contribution in [0, 0.1) is 6.92 Å². The van der Waals surface area contributed by atoms with Gasteiger partial charge in [-0.3, -0.25) is 14.4 Å². The standard InChI is InChI=1S/C17H18BrN3O5S/c1-10-7-14(21-26-10)20-15(22)8-27-9-16(23)25-11(2)17(24)19-13-5-3-12(18)4-6-13/h3-7,11H,8-9H2,1-2H3,(H,19,24)(H,20,21,22). The van der Waals surface area contributed by atoms with Gasteiger partial charge in [-0.1, -0.05) is 21.1 Å². The molecular weight excluding hydrogens is 438 g/mol. The maximum absolute atomic E-state index is 12.0. The van der Waals surface area contributed by atoms with Gasteiger partial charge in [0.1, 0.15) is 5.76 Å². The Morgan fingerprint density at radius 1 is 1.22 bits per heavy atom. The molecule has 0 spiro atoms. The van der Waals surface area contributed by atoms with Gasteiger partial charge >= 0.3 is 5.97 Å². The molecule has 10 heteroatoms. The number of nitrogens with one attached hydrogen (secondary N) is 2. The van der Waals surface area contributed by atoms with Gasteiger partial charge in [-0.05, 0) is 38.1 Å². The third kappa shape index (κ3) is 7.43. The van der Waals surface area contributed by atoms with Crippen molar-refractivity contribution in [2.45, 2.75) is 20.0 Å². The summed E-state index contributed by atoms with van der Waals surface area (Å²) in [4.78, 5) is 35.6. The predicted octanol–water partition coefficient (Wildman–Crippen LogP) is 2.99. The number of aromatic nitrogens is 1. The second-order valence-electron chi connectivity index (χ2n) is 5.49. The normalized spacial score (nSPS) is 11.5. The molecular formula is C17H18BrN3O5S. The van der Waals surface area contributed by atoms with Crippen molar-refractivity contribution >= 4 is 57.0 Å². The van der Waals surface area contributed by atoms with Crippen molar-refractivity contribution in [1.29, 1.82) is 0 Å². The Labute approximate surface area is 168 Å². The number of ether oxygens (including phenoxy) is 1. The summed E-state index contributed by atoms with van der Waals surface area (Å²) in [5.74, 6) is -0.446. The molecule has 1 aromatic heterocycles. The Morgan fingerprint density at radius 2 is 1.93 bits per heavy atom. The van der Waals surface area contributed by atoms with E-state index < -0.39 is 18.0 Å². The molecule has 27 heavy (non-hydrogen) atoms. The lowest BCUT2D eigenvalue weighted by Gasteiger charge is -2.13. The molecule has 2 N–H and O–H groups in total. The molecule has 1 unspecified atom stereocenters. The lowest BCUT2D eigenvalue weighted by Crippen LogP contribution is -2.30. The molecule has 2 amide bonds. The zero-order valence-electron chi connectivity index (χ0n) is 14.7. The predicted molar refractivity (Wildman–Crippen MR) is 106 cm³/mol. The number of amides is 2. The van der Waals surface area contributed by atoms with Gasteiger partial charge in [0, 0.05) is 16.2 Å². The monoisotopic (exact) mass is 455 g/mol. The van der Waals surface area contributed by atoms with E-state index in [1.807, 2.05) is 0 Å². The van der Waals surface area contributed by atoms with E-state index >= 15 is 0 Å². The Bertz CT molecular complexity index is 809. The summed E-state index contributed by atoms with van der Waals surface area (Å²) in [5, 5.41) is 8.84. The molecule has 1 heterocycles. The molecule has 2 aromatic rings. The quantitative estimate of drug-likeness (QED) is 0.588. The molecule has 1 aromatic carbocycles. The van der Waals surface area contributed by atoms with Gasteiger partial charge in [0.05, 0.1) is 11.5 Å². The minimum Gasteiger partial charge on any atom is -0.452 e. The maximum Gasteiger partial charge on any atom is 0.316 e. The van der Waals surface area contributed by atoms with Crippen LogP contribution in [-0.4, -0.2) is 40.6 Å². The van der Waals surface area contributed by atoms with Gasteiger partial charge in [0.2, 0.25) is 5.91 Å². The van der Waals surface area contributed by atoms with Crippen LogP contribution in [0.1, 0.15) is 12.7 Å². The summed E-state index contributed by atoms with van der Waals surface area (Å²) in [6.45, 7) is 3.19. The molecule has 0 saturated carbocycles. The summed E-state index contributed by atoms with van der Waals surface area (Å²) in [5.41, 5.74) is 0.597. The van der Waals surface area contributed by atoms with Crippen LogP contribution in [-0.2, 0) is 19.1 Å². The summed E-state index contributed by atoms with van der Waals surface area (Å²) in [7, 11) is 0. The van der Waals surface area contributed by atoms with E-state index in [0.29, 0.717) is 17.3 Å². The zero-order valence-corrected chi connectivity index (χ0v) is 17.1. The fourth-order valence-electron chi connectivity index (χ4n) is 1.89. The van der Waals surface area contributed by atoms with E-state index in [1.165, 1.54) is 6.92 Å². The van der Waals surface area contributed by atoms with Crippen molar-refractivity contribution in [3.63, 3.8) is 0 Å². The second-order valence-corrected chi connectivity index (χ2v) is 7.39. The Kier molecular flexibility index (Phi) is 7.86. The van der Waals surface area contributed by atoms with E-state index in [9.17, 15) is 14.4 Å². The van der Waals surface area contributed by atoms with Gasteiger partial charge in [-0.25, -0.2) is 0 Å². The first-order valence-corrected chi connectivity index (χ1v) is 9.85. The summed E-state index contributed by atoms with van der Waals surface area (Å²) in [6.07, 6.45) is -0.950. The third-order valence-corrected chi connectivity index (χ3v) is 4.57. The molecule has 0 bridgehead atoms. The average molecular weight is 456 g/mol. The van der Waals surface area contributed by atoms with Crippen molar-refractivity contribution in [3.05, 3.63) is 40.6 Å². The number of carbonyl (C=O) groups excluding carboxylic acids is 3. The number of hydrogen-bond acceptors (Lipinski definition) is 7. The third-order valence-electron chi connectivity index (χ3n) is 3.14. The lowest BCUT2D eigenvalue weighted by molar-refractivity contribution is -0.150. The van der Waals surface area contributed by atoms with E-state index in [1.54, 1.807) is 37.3 Å². The molecule has 2 rings (SSSR count). The number of halogens is 1. The van der Waals surface area contributed by atoms with E-state index in [0.717, 1.165) is 16.2 Å². The minimum absolute atomic E-state index is 0.0421. The molecule has 8 nitrogen and oxygen atoms in total. The van der Waals surface area contributed by atoms with Gasteiger partial charge in [-0.2, -0.15) is 0 Å². The van der Waals surface area contributed by atoms with Crippen LogP contribution < -0.4 is 10.6 Å². The first-order chi connectivity index (χ1) is 12.8. The van der Waals surface area contributed by atoms with Crippen molar-refractivity contribution in [2.75, 3.05) is 22.1 Å². The number of thioether (sulfide) groups is 1. The van der Waals surface area contributed by atoms with Gasteiger partial charge in [-0.15, -0.1) is 11.8 Å². The van der Waals surface area contributed by atoms with Crippen LogP contribution in [0.4, 0.5) is 11.5 Å². The van der Waals surface area contributed by atoms with E-state index in [2.05, 4.69) is 31.7 Å². The number of nitrogens with zero attached hydrogens (tertiary/aromatic N) is 1. The lowest BCUT2D eigenvalue weighted by atomic mass is 10.3. The van der Waals surface area contributed by atoms with Crippen molar-refractivity contribution in [3.8, 4) is 0 Å². The highest BCUT2D eigenvalue weighted by atomic mass is 79.9. The van der Waals surface area contributed by atoms with Crippen LogP contribution >= 0.6 is 27.7 Å². The van der Waals surface area contributed by atoms with E-state index in [4.69, 9.17) is 9.26 Å². The molecule has 0 aliphatic heterocycles. The molecule has 0 saturated heterocycles. The Balaban J connectivity index is 1.67. The largest absolute Gasteiger partial charge is 0.452 e. The molecule has 144 valence electrons. The second kappa shape index (κ2) is 10.1. The van der Waals surface area contributed by atoms with Crippen LogP contribution in [0.25, 0.3) is 0 Å². The van der Waals surface area contributed by atoms with Crippen molar-refractivity contribution < 1.29 is 23.6 Å². The van der Waals surface area contributed by atoms with Crippen molar-refractivity contribution in [1.82, 2.24) is 5.16 Å². The smallest absolute Gasteiger partial charge is 0.316 e. The summed E-state index contributed by atoms with van der Waals surface area (Å²) in [6, 6.07) is 8.61. The maximum atomic E-state index is 12.0. The first kappa shape index (κ1) is 21.0. The highest BCUT2D eigenvalue weighted by Gasteiger charge is 2.18. The Hall–Kier alpha value is -2.33. The van der Waals surface area contributed by atoms with Gasteiger partial charge in [0.15, 0.2) is 11.9 Å². The molecule has 1 atom stereocenters. The van der Waals surface area contributed by atoms with E-state index in [-0.39, 0.29) is 17.4 Å². The summed E-state index contributed by atoms with van der Waals surface area (Å²) >= 11 is 4.38. The topological polar surface area (TPSA) is 111 Å². The zero-order chi connectivity index (χ0) is 19.8. The fourth-order valence-corrected chi connectivity index (χ4v) is 2.75. The number of aryl methyl sites for hydroxylation is 1. The Morgan fingerprint density at radius 3 is 2.56 bits per heavy atom. The fraction of sp³-hybridized carbons (Fsp3) is 0.294. The first-order valence-electron chi connectivity index (χ1n) is 7.90. The average Bonchev–Trinajstić information content (AvgIpc) is 3.01. The molecule has 0 aliphatic carbocycles. The minimum atomic E-state index is -0.950. The number of hydrogen-bond donors (Lipinski definition) is 2. The number of esters is 1. The highest BCUT2D eigenvalue weighted by molar-refractivity contribution is 9.10. The number of anilines is 2. The molecule has 0 radical (unpaired) electrons. The number of carbonyl (C=O) groups is 3. The highest BCUT2D eigenvalue weighted by Crippen LogP contribution is 2.15. The SMILES string of the molecule is Cc1cc(NC(=O)CSCC(=O)OC(C)C(=O)Nc2ccc(Br)cc2)no1. The van der Waals surface area contributed by atoms with Crippen LogP contribution in [0.3, 0.4) is 0 Å². The molecule has 0 aliphatic rings.